The average Bonchev–Trinajstić information content (AvgIpc) is 3.65. The number of alkyl halides is 3. The number of carbonyl (C=O) groups excluding carboxylic acids is 3. The minimum Gasteiger partial charge on any atom is -0.481 e. The fourth-order valence-corrected chi connectivity index (χ4v) is 6.04. The largest absolute Gasteiger partial charge is 0.481 e. The first kappa shape index (κ1) is 47.0. The average molecular weight is 910 g/mol. The van der Waals surface area contributed by atoms with Gasteiger partial charge in [0.1, 0.15) is 34.7 Å². The highest BCUT2D eigenvalue weighted by Gasteiger charge is 2.33. The van der Waals surface area contributed by atoms with E-state index < -0.39 is 58.4 Å². The van der Waals surface area contributed by atoms with Crippen molar-refractivity contribution in [3.05, 3.63) is 134 Å². The number of pyridine rings is 1. The van der Waals surface area contributed by atoms with Crippen LogP contribution in [0.3, 0.4) is 0 Å². The van der Waals surface area contributed by atoms with E-state index in [1.54, 1.807) is 30.5 Å². The Balaban J connectivity index is 0.000000241. The topological polar surface area (TPSA) is 284 Å². The number of hydrogen-bond acceptors (Lipinski definition) is 10. The Bertz CT molecular complexity index is 2770. The molecule has 0 aliphatic carbocycles. The zero-order valence-corrected chi connectivity index (χ0v) is 33.9. The third kappa shape index (κ3) is 12.8. The predicted octanol–water partition coefficient (Wildman–Crippen LogP) is 6.36. The number of aryl methyl sites for hydroxylation is 2. The lowest BCUT2D eigenvalue weighted by molar-refractivity contribution is -0.141. The van der Waals surface area contributed by atoms with E-state index in [1.165, 1.54) is 43.6 Å². The van der Waals surface area contributed by atoms with Gasteiger partial charge in [0.15, 0.2) is 0 Å². The first-order chi connectivity index (χ1) is 30.3. The number of carboxylic acid groups (broad SMARTS) is 2. The fourth-order valence-electron chi connectivity index (χ4n) is 5.81. The first-order valence-corrected chi connectivity index (χ1v) is 19.0. The number of aromatic nitrogens is 4. The molecule has 6 aromatic rings. The van der Waals surface area contributed by atoms with E-state index in [-0.39, 0.29) is 58.5 Å². The van der Waals surface area contributed by atoms with Gasteiger partial charge in [-0.1, -0.05) is 23.7 Å². The predicted molar refractivity (Wildman–Crippen MR) is 224 cm³/mol. The van der Waals surface area contributed by atoms with E-state index in [9.17, 15) is 46.3 Å². The van der Waals surface area contributed by atoms with Crippen LogP contribution in [0.15, 0.2) is 90.0 Å². The summed E-state index contributed by atoms with van der Waals surface area (Å²) >= 11 is 5.54. The second kappa shape index (κ2) is 20.7. The molecule has 1 atom stereocenters. The normalized spacial score (nSPS) is 11.4. The molecule has 0 spiro atoms. The molecule has 10 N–H and O–H groups in total. The minimum atomic E-state index is -4.71. The second-order valence-corrected chi connectivity index (χ2v) is 13.9. The number of benzene rings is 3. The van der Waals surface area contributed by atoms with E-state index in [4.69, 9.17) is 32.3 Å². The van der Waals surface area contributed by atoms with Crippen molar-refractivity contribution in [2.24, 2.45) is 0 Å². The zero-order valence-electron chi connectivity index (χ0n) is 33.1. The molecule has 3 aromatic heterocycles. The number of aliphatic carboxylic acids is 2. The molecule has 334 valence electrons. The van der Waals surface area contributed by atoms with Crippen LogP contribution in [-0.2, 0) is 28.6 Å². The summed E-state index contributed by atoms with van der Waals surface area (Å²) < 4.78 is 58.7. The standard InChI is InChI=1S/C21H15ClF4N4O3.C20H21N5O6/c1-27-19(31)18-10-13(6-7-28-18)33-12-3-5-17(16(23)9-12)30-20(32)29-11-2-4-15(22)14(8-11)21(24,25)26;21-20-24-16-15(18(29)25-20)12(9-22-16)6-3-10-1-4-11(5-2-10)17(28)23-13(19(30)31)7-8-14(26)27/h2-10H,1H3,(H,27,31)(H2,29,30,32);1-2,4-5,9,13H,3,6-8H2,(H,23,28)(H,26,27)(H,30,31)(H4,21,22,24,25,29)/t;13-/m.0/s1. The van der Waals surface area contributed by atoms with Gasteiger partial charge in [-0.05, 0) is 78.9 Å². The van der Waals surface area contributed by atoms with Crippen molar-refractivity contribution in [3.8, 4) is 11.5 Å². The molecule has 0 fully saturated rings. The van der Waals surface area contributed by atoms with Crippen LogP contribution in [0, 0.1) is 5.82 Å². The Labute approximate surface area is 363 Å². The van der Waals surface area contributed by atoms with Gasteiger partial charge >= 0.3 is 24.1 Å². The number of urea groups is 1. The van der Waals surface area contributed by atoms with Gasteiger partial charge in [0.2, 0.25) is 5.95 Å². The fraction of sp³-hybridized carbons (Fsp3) is 0.171. The van der Waals surface area contributed by atoms with Crippen LogP contribution >= 0.6 is 11.6 Å². The summed E-state index contributed by atoms with van der Waals surface area (Å²) in [6, 6.07) is 13.5. The van der Waals surface area contributed by atoms with Gasteiger partial charge in [0.25, 0.3) is 17.4 Å². The van der Waals surface area contributed by atoms with E-state index in [2.05, 4.69) is 41.2 Å². The number of nitrogens with two attached hydrogens (primary N) is 1. The minimum absolute atomic E-state index is 0.0351. The van der Waals surface area contributed by atoms with Crippen LogP contribution < -0.4 is 37.3 Å². The van der Waals surface area contributed by atoms with Crippen LogP contribution in [0.5, 0.6) is 11.5 Å². The highest BCUT2D eigenvalue weighted by atomic mass is 35.5. The van der Waals surface area contributed by atoms with E-state index in [0.717, 1.165) is 23.3 Å². The van der Waals surface area contributed by atoms with Gasteiger partial charge in [-0.3, -0.25) is 29.1 Å². The summed E-state index contributed by atoms with van der Waals surface area (Å²) in [7, 11) is 1.44. The van der Waals surface area contributed by atoms with Crippen molar-refractivity contribution < 1.29 is 56.5 Å². The SMILES string of the molecule is CNC(=O)c1cc(Oc2ccc(NC(=O)Nc3ccc(Cl)c(C(F)(F)F)c3)c(F)c2)ccn1.Nc1nc2[nH]cc(CCc3ccc(C(=O)N[C@@H](CCC(=O)O)C(=O)O)cc3)c2c(=O)[nH]1. The number of fused-ring (bicyclic) bond motifs is 1. The van der Waals surface area contributed by atoms with Crippen LogP contribution in [0.4, 0.5) is 39.7 Å². The number of nitrogens with zero attached hydrogens (tertiary/aromatic N) is 2. The number of hydrogen-bond donors (Lipinski definition) is 9. The molecule has 0 aliphatic heterocycles. The van der Waals surface area contributed by atoms with Crippen LogP contribution in [0.1, 0.15) is 50.4 Å². The molecule has 3 aromatic carbocycles. The Morgan fingerprint density at radius 1 is 0.922 bits per heavy atom. The summed E-state index contributed by atoms with van der Waals surface area (Å²) in [6.45, 7) is 0. The van der Waals surface area contributed by atoms with Gasteiger partial charge in [-0.2, -0.15) is 18.2 Å². The third-order valence-corrected chi connectivity index (χ3v) is 9.27. The number of nitrogen functional groups attached to an aromatic ring is 1. The summed E-state index contributed by atoms with van der Waals surface area (Å²) in [5.41, 5.74) is 6.13. The van der Waals surface area contributed by atoms with Crippen molar-refractivity contribution in [1.29, 1.82) is 0 Å². The summed E-state index contributed by atoms with van der Waals surface area (Å²) in [6.07, 6.45) is -1.09. The quantitative estimate of drug-likeness (QED) is 0.0540. The Kier molecular flexibility index (Phi) is 15.2. The molecule has 0 saturated carbocycles. The number of H-pyrrole nitrogens is 2. The molecule has 4 amide bonds. The van der Waals surface area contributed by atoms with Gasteiger partial charge in [-0.25, -0.2) is 14.0 Å². The maximum Gasteiger partial charge on any atom is 0.417 e. The number of rotatable bonds is 14. The van der Waals surface area contributed by atoms with Gasteiger partial charge in [0, 0.05) is 49.2 Å². The number of carbonyl (C=O) groups is 5. The van der Waals surface area contributed by atoms with Crippen LogP contribution in [0.25, 0.3) is 11.0 Å². The van der Waals surface area contributed by atoms with Crippen molar-refractivity contribution in [1.82, 2.24) is 30.6 Å². The molecule has 3 heterocycles. The second-order valence-electron chi connectivity index (χ2n) is 13.5. The zero-order chi connectivity index (χ0) is 46.7. The lowest BCUT2D eigenvalue weighted by Gasteiger charge is -2.13. The molecular formula is C41H36ClF4N9O9. The Hall–Kier alpha value is -8.01. The molecule has 18 nitrogen and oxygen atoms in total. The lowest BCUT2D eigenvalue weighted by Crippen LogP contribution is -2.41. The van der Waals surface area contributed by atoms with E-state index in [0.29, 0.717) is 29.9 Å². The molecule has 23 heteroatoms. The van der Waals surface area contributed by atoms with E-state index >= 15 is 0 Å². The van der Waals surface area contributed by atoms with Crippen LogP contribution in [-0.4, -0.2) is 73.0 Å². The summed E-state index contributed by atoms with van der Waals surface area (Å²) in [4.78, 5) is 83.3. The summed E-state index contributed by atoms with van der Waals surface area (Å²) in [5.74, 6) is -4.00. The Morgan fingerprint density at radius 3 is 2.30 bits per heavy atom. The molecule has 0 bridgehead atoms. The van der Waals surface area contributed by atoms with Crippen molar-refractivity contribution in [2.45, 2.75) is 37.9 Å². The first-order valence-electron chi connectivity index (χ1n) is 18.6. The molecular weight excluding hydrogens is 874 g/mol. The number of anilines is 3. The van der Waals surface area contributed by atoms with E-state index in [1.807, 2.05) is 0 Å². The smallest absolute Gasteiger partial charge is 0.417 e. The monoisotopic (exact) mass is 909 g/mol. The van der Waals surface area contributed by atoms with Gasteiger partial charge < -0.3 is 46.9 Å². The van der Waals surface area contributed by atoms with Gasteiger partial charge in [-0.15, -0.1) is 0 Å². The Morgan fingerprint density at radius 2 is 1.64 bits per heavy atom. The van der Waals surface area contributed by atoms with Crippen molar-refractivity contribution in [3.63, 3.8) is 0 Å². The molecule has 0 unspecified atom stereocenters. The third-order valence-electron chi connectivity index (χ3n) is 8.94. The molecule has 0 radical (unpaired) electrons. The molecule has 0 saturated heterocycles. The highest BCUT2D eigenvalue weighted by molar-refractivity contribution is 6.31. The highest BCUT2D eigenvalue weighted by Crippen LogP contribution is 2.36. The van der Waals surface area contributed by atoms with Crippen molar-refractivity contribution >= 4 is 69.7 Å². The molecule has 0 aliphatic rings. The van der Waals surface area contributed by atoms with Crippen LogP contribution in [0.2, 0.25) is 5.02 Å². The lowest BCUT2D eigenvalue weighted by atomic mass is 10.0. The number of halogens is 5. The number of aromatic amines is 2. The van der Waals surface area contributed by atoms with Gasteiger partial charge in [0.05, 0.1) is 21.7 Å². The maximum atomic E-state index is 14.4. The number of nitrogens with one attached hydrogen (secondary N) is 6. The number of amides is 4. The number of ether oxygens (including phenoxy) is 1. The molecule has 64 heavy (non-hydrogen) atoms. The van der Waals surface area contributed by atoms with Crippen molar-refractivity contribution in [2.75, 3.05) is 23.4 Å². The number of carboxylic acids is 2. The summed E-state index contributed by atoms with van der Waals surface area (Å²) in [5, 5.41) is 26.9. The maximum absolute atomic E-state index is 14.4. The molecule has 6 rings (SSSR count).